The number of hydrogen-bond acceptors (Lipinski definition) is 3. The van der Waals surface area contributed by atoms with Crippen molar-refractivity contribution in [3.8, 4) is 0 Å². The second-order valence-corrected chi connectivity index (χ2v) is 5.74. The smallest absolute Gasteiger partial charge is 0.306 e. The molecule has 102 valence electrons. The number of nitrogens with zero attached hydrogens (tertiary/aromatic N) is 1. The molecule has 1 aromatic carbocycles. The molecule has 0 saturated carbocycles. The third-order valence-corrected chi connectivity index (χ3v) is 3.94. The van der Waals surface area contributed by atoms with Gasteiger partial charge in [-0.1, -0.05) is 28.1 Å². The zero-order valence-corrected chi connectivity index (χ0v) is 12.1. The summed E-state index contributed by atoms with van der Waals surface area (Å²) in [4.78, 5) is 25.0. The van der Waals surface area contributed by atoms with E-state index in [0.29, 0.717) is 38.0 Å². The fourth-order valence-corrected chi connectivity index (χ4v) is 2.69. The van der Waals surface area contributed by atoms with Gasteiger partial charge in [-0.05, 0) is 38.1 Å². The highest BCUT2D eigenvalue weighted by molar-refractivity contribution is 9.10. The summed E-state index contributed by atoms with van der Waals surface area (Å²) in [6.45, 7) is 1.72. The van der Waals surface area contributed by atoms with E-state index in [1.165, 1.54) is 0 Å². The van der Waals surface area contributed by atoms with Crippen LogP contribution in [0.3, 0.4) is 0 Å². The summed E-state index contributed by atoms with van der Waals surface area (Å²) in [5, 5.41) is 8.92. The molecule has 1 heterocycles. The van der Waals surface area contributed by atoms with Crippen LogP contribution in [0.2, 0.25) is 0 Å². The Morgan fingerprint density at radius 2 is 2.00 bits per heavy atom. The van der Waals surface area contributed by atoms with Crippen LogP contribution in [0.25, 0.3) is 0 Å². The van der Waals surface area contributed by atoms with Gasteiger partial charge in [0, 0.05) is 10.0 Å². The van der Waals surface area contributed by atoms with Crippen molar-refractivity contribution in [2.24, 2.45) is 5.92 Å². The van der Waals surface area contributed by atoms with Gasteiger partial charge < -0.3 is 5.11 Å². The summed E-state index contributed by atoms with van der Waals surface area (Å²) in [6.07, 6.45) is 1.25. The van der Waals surface area contributed by atoms with E-state index in [4.69, 9.17) is 5.11 Å². The Morgan fingerprint density at radius 1 is 1.32 bits per heavy atom. The first-order chi connectivity index (χ1) is 9.06. The highest BCUT2D eigenvalue weighted by Crippen LogP contribution is 2.18. The van der Waals surface area contributed by atoms with E-state index in [-0.39, 0.29) is 11.7 Å². The van der Waals surface area contributed by atoms with Gasteiger partial charge in [0.2, 0.25) is 0 Å². The normalized spacial score (nSPS) is 17.3. The Labute approximate surface area is 120 Å². The lowest BCUT2D eigenvalue weighted by molar-refractivity contribution is -0.143. The number of carboxylic acid groups (broad SMARTS) is 1. The number of hydrogen-bond donors (Lipinski definition) is 1. The number of carbonyl (C=O) groups is 2. The molecule has 0 aliphatic carbocycles. The molecule has 1 aliphatic heterocycles. The molecule has 0 spiro atoms. The molecule has 1 N–H and O–H groups in total. The minimum atomic E-state index is -0.724. The molecule has 1 saturated heterocycles. The number of carbonyl (C=O) groups excluding carboxylic acids is 1. The second-order valence-electron chi connectivity index (χ2n) is 4.82. The lowest BCUT2D eigenvalue weighted by Gasteiger charge is -2.29. The lowest BCUT2D eigenvalue weighted by Crippen LogP contribution is -2.39. The number of benzene rings is 1. The van der Waals surface area contributed by atoms with Crippen molar-refractivity contribution in [3.63, 3.8) is 0 Å². The first-order valence-corrected chi connectivity index (χ1v) is 7.09. The molecular weight excluding hydrogens is 310 g/mol. The van der Waals surface area contributed by atoms with E-state index in [0.717, 1.165) is 4.47 Å². The van der Waals surface area contributed by atoms with Crippen molar-refractivity contribution >= 4 is 27.7 Å². The molecule has 0 amide bonds. The number of aliphatic carboxylic acids is 1. The van der Waals surface area contributed by atoms with Gasteiger partial charge in [0.25, 0.3) is 0 Å². The number of piperidine rings is 1. The number of carboxylic acids is 1. The maximum atomic E-state index is 12.1. The highest BCUT2D eigenvalue weighted by atomic mass is 79.9. The van der Waals surface area contributed by atoms with Crippen molar-refractivity contribution in [1.82, 2.24) is 4.90 Å². The van der Waals surface area contributed by atoms with Crippen molar-refractivity contribution in [2.75, 3.05) is 19.6 Å². The van der Waals surface area contributed by atoms with E-state index < -0.39 is 5.97 Å². The van der Waals surface area contributed by atoms with Crippen LogP contribution in [0, 0.1) is 5.92 Å². The van der Waals surface area contributed by atoms with Crippen molar-refractivity contribution in [3.05, 3.63) is 34.3 Å². The van der Waals surface area contributed by atoms with Crippen LogP contribution in [0.5, 0.6) is 0 Å². The average molecular weight is 326 g/mol. The predicted octanol–water partition coefficient (Wildman–Crippen LogP) is 2.43. The molecule has 1 fully saturated rings. The third-order valence-electron chi connectivity index (χ3n) is 3.45. The standard InChI is InChI=1S/C14H16BrNO3/c15-12-3-1-2-11(8-12)13(17)9-16-6-4-10(5-7-16)14(18)19/h1-3,8,10H,4-7,9H2,(H,18,19). The van der Waals surface area contributed by atoms with Crippen molar-refractivity contribution in [2.45, 2.75) is 12.8 Å². The van der Waals surface area contributed by atoms with Crippen LogP contribution in [0.4, 0.5) is 0 Å². The Hall–Kier alpha value is -1.20. The van der Waals surface area contributed by atoms with Crippen LogP contribution >= 0.6 is 15.9 Å². The Morgan fingerprint density at radius 3 is 2.58 bits per heavy atom. The number of ketones is 1. The SMILES string of the molecule is O=C(CN1CCC(C(=O)O)CC1)c1cccc(Br)c1. The van der Waals surface area contributed by atoms with Crippen LogP contribution in [-0.2, 0) is 4.79 Å². The molecule has 2 rings (SSSR count). The fraction of sp³-hybridized carbons (Fsp3) is 0.429. The Kier molecular flexibility index (Phi) is 4.71. The number of likely N-dealkylation sites (tertiary alicyclic amines) is 1. The summed E-state index contributed by atoms with van der Waals surface area (Å²) in [7, 11) is 0. The minimum Gasteiger partial charge on any atom is -0.481 e. The second kappa shape index (κ2) is 6.30. The van der Waals surface area contributed by atoms with Crippen LogP contribution in [-0.4, -0.2) is 41.4 Å². The summed E-state index contributed by atoms with van der Waals surface area (Å²) in [6, 6.07) is 7.34. The lowest BCUT2D eigenvalue weighted by atomic mass is 9.97. The van der Waals surface area contributed by atoms with E-state index in [1.54, 1.807) is 6.07 Å². The van der Waals surface area contributed by atoms with Gasteiger partial charge in [-0.25, -0.2) is 0 Å². The Balaban J connectivity index is 1.89. The zero-order chi connectivity index (χ0) is 13.8. The molecule has 1 aromatic rings. The Bertz CT molecular complexity index is 481. The van der Waals surface area contributed by atoms with Gasteiger partial charge in [-0.2, -0.15) is 0 Å². The predicted molar refractivity (Wildman–Crippen MR) is 75.3 cm³/mol. The summed E-state index contributed by atoms with van der Waals surface area (Å²) >= 11 is 3.35. The van der Waals surface area contributed by atoms with Crippen molar-refractivity contribution in [1.29, 1.82) is 0 Å². The molecule has 5 heteroatoms. The van der Waals surface area contributed by atoms with Gasteiger partial charge in [-0.15, -0.1) is 0 Å². The van der Waals surface area contributed by atoms with Gasteiger partial charge in [0.05, 0.1) is 12.5 Å². The zero-order valence-electron chi connectivity index (χ0n) is 10.5. The molecule has 0 atom stereocenters. The fourth-order valence-electron chi connectivity index (χ4n) is 2.29. The molecule has 1 aliphatic rings. The van der Waals surface area contributed by atoms with Gasteiger partial charge >= 0.3 is 5.97 Å². The number of Topliss-reactive ketones (excluding diaryl/α,β-unsaturated/α-hetero) is 1. The molecule has 4 nitrogen and oxygen atoms in total. The summed E-state index contributed by atoms with van der Waals surface area (Å²) in [5.74, 6) is -0.898. The molecule has 19 heavy (non-hydrogen) atoms. The monoisotopic (exact) mass is 325 g/mol. The molecule has 0 radical (unpaired) electrons. The van der Waals surface area contributed by atoms with E-state index in [2.05, 4.69) is 15.9 Å². The quantitative estimate of drug-likeness (QED) is 0.864. The van der Waals surface area contributed by atoms with Crippen LogP contribution in [0.1, 0.15) is 23.2 Å². The number of halogens is 1. The maximum Gasteiger partial charge on any atom is 0.306 e. The van der Waals surface area contributed by atoms with Crippen LogP contribution < -0.4 is 0 Å². The first-order valence-electron chi connectivity index (χ1n) is 6.30. The number of rotatable bonds is 4. The van der Waals surface area contributed by atoms with E-state index in [9.17, 15) is 9.59 Å². The summed E-state index contributed by atoms with van der Waals surface area (Å²) in [5.41, 5.74) is 0.690. The minimum absolute atomic E-state index is 0.0788. The topological polar surface area (TPSA) is 57.6 Å². The van der Waals surface area contributed by atoms with Gasteiger partial charge in [0.1, 0.15) is 0 Å². The molecule has 0 aromatic heterocycles. The summed E-state index contributed by atoms with van der Waals surface area (Å²) < 4.78 is 0.892. The third kappa shape index (κ3) is 3.88. The largest absolute Gasteiger partial charge is 0.481 e. The van der Waals surface area contributed by atoms with E-state index in [1.807, 2.05) is 23.1 Å². The van der Waals surface area contributed by atoms with Crippen LogP contribution in [0.15, 0.2) is 28.7 Å². The molecular formula is C14H16BrNO3. The average Bonchev–Trinajstić information content (AvgIpc) is 2.39. The maximum absolute atomic E-state index is 12.1. The first kappa shape index (κ1) is 14.2. The van der Waals surface area contributed by atoms with Gasteiger partial charge in [0.15, 0.2) is 5.78 Å². The van der Waals surface area contributed by atoms with E-state index >= 15 is 0 Å². The van der Waals surface area contributed by atoms with Gasteiger partial charge in [-0.3, -0.25) is 14.5 Å². The molecule has 0 bridgehead atoms. The van der Waals surface area contributed by atoms with Crippen molar-refractivity contribution < 1.29 is 14.7 Å². The highest BCUT2D eigenvalue weighted by Gasteiger charge is 2.25. The molecule has 0 unspecified atom stereocenters.